The lowest BCUT2D eigenvalue weighted by Gasteiger charge is -2.51. The summed E-state index contributed by atoms with van der Waals surface area (Å²) in [6.07, 6.45) is 12.2. The van der Waals surface area contributed by atoms with Gasteiger partial charge < -0.3 is 9.64 Å². The molecule has 1 aromatic rings. The summed E-state index contributed by atoms with van der Waals surface area (Å²) in [7, 11) is 1.50. The second kappa shape index (κ2) is 11.6. The van der Waals surface area contributed by atoms with Crippen molar-refractivity contribution in [1.29, 1.82) is 0 Å². The highest BCUT2D eigenvalue weighted by Gasteiger charge is 2.41. The lowest BCUT2D eigenvalue weighted by atomic mass is 9.69. The molecule has 0 amide bonds. The summed E-state index contributed by atoms with van der Waals surface area (Å²) in [6.45, 7) is 14.4. The fourth-order valence-electron chi connectivity index (χ4n) is 6.58. The first-order valence-electron chi connectivity index (χ1n) is 13.4. The van der Waals surface area contributed by atoms with E-state index >= 15 is 0 Å². The van der Waals surface area contributed by atoms with Crippen LogP contribution >= 0.6 is 0 Å². The first-order chi connectivity index (χ1) is 16.1. The SMILES string of the molecule is COc1cc(/C=C/N(C2CC(C)CCC2C(C)C)C2CC(C)CCC2C(C)C)ccc1[N+](=O)[O-]. The van der Waals surface area contributed by atoms with Crippen molar-refractivity contribution in [3.05, 3.63) is 40.1 Å². The number of hydrogen-bond acceptors (Lipinski definition) is 4. The lowest BCUT2D eigenvalue weighted by molar-refractivity contribution is -0.385. The van der Waals surface area contributed by atoms with Gasteiger partial charge in [0.25, 0.3) is 0 Å². The molecule has 5 nitrogen and oxygen atoms in total. The highest BCUT2D eigenvalue weighted by molar-refractivity contribution is 5.58. The standard InChI is InChI=1S/C29H46N2O3/c1-19(2)24-11-8-21(5)16-27(24)30(28-17-22(6)9-12-25(28)20(3)4)15-14-23-10-13-26(31(32)33)29(18-23)34-7/h10,13-15,18-22,24-25,27-28H,8-9,11-12,16-17H2,1-7H3/b15-14+. The van der Waals surface area contributed by atoms with Gasteiger partial charge in [0.15, 0.2) is 5.75 Å². The maximum Gasteiger partial charge on any atom is 0.310 e. The summed E-state index contributed by atoms with van der Waals surface area (Å²) in [5.74, 6) is 4.51. The predicted octanol–water partition coefficient (Wildman–Crippen LogP) is 7.80. The number of methoxy groups -OCH3 is 1. The van der Waals surface area contributed by atoms with Gasteiger partial charge in [-0.05, 0) is 85.0 Å². The van der Waals surface area contributed by atoms with E-state index < -0.39 is 0 Å². The van der Waals surface area contributed by atoms with Crippen molar-refractivity contribution >= 4 is 11.8 Å². The molecule has 0 heterocycles. The number of benzene rings is 1. The number of nitro benzene ring substituents is 1. The third kappa shape index (κ3) is 6.14. The molecule has 0 spiro atoms. The van der Waals surface area contributed by atoms with Crippen LogP contribution < -0.4 is 4.74 Å². The van der Waals surface area contributed by atoms with E-state index in [9.17, 15) is 10.1 Å². The van der Waals surface area contributed by atoms with Gasteiger partial charge in [-0.25, -0.2) is 0 Å². The van der Waals surface area contributed by atoms with Crippen molar-refractivity contribution in [2.45, 2.75) is 92.2 Å². The van der Waals surface area contributed by atoms with Crippen LogP contribution in [-0.2, 0) is 0 Å². The van der Waals surface area contributed by atoms with Gasteiger partial charge in [-0.1, -0.05) is 54.4 Å². The monoisotopic (exact) mass is 470 g/mol. The average Bonchev–Trinajstić information content (AvgIpc) is 2.78. The topological polar surface area (TPSA) is 55.6 Å². The molecule has 0 radical (unpaired) electrons. The van der Waals surface area contributed by atoms with Gasteiger partial charge in [0.05, 0.1) is 12.0 Å². The quantitative estimate of drug-likeness (QED) is 0.287. The second-order valence-corrected chi connectivity index (χ2v) is 11.7. The van der Waals surface area contributed by atoms with E-state index in [1.165, 1.54) is 45.6 Å². The minimum atomic E-state index is -0.383. The Bertz CT molecular complexity index is 818. The molecular formula is C29H46N2O3. The number of hydrogen-bond donors (Lipinski definition) is 0. The van der Waals surface area contributed by atoms with Crippen LogP contribution in [0, 0.1) is 45.6 Å². The summed E-state index contributed by atoms with van der Waals surface area (Å²) in [4.78, 5) is 13.7. The average molecular weight is 471 g/mol. The molecule has 34 heavy (non-hydrogen) atoms. The van der Waals surface area contributed by atoms with E-state index in [0.717, 1.165) is 17.4 Å². The molecule has 6 unspecified atom stereocenters. The number of rotatable bonds is 8. The van der Waals surface area contributed by atoms with Crippen LogP contribution in [0.2, 0.25) is 0 Å². The zero-order valence-electron chi connectivity index (χ0n) is 22.4. The summed E-state index contributed by atoms with van der Waals surface area (Å²) in [5, 5.41) is 11.3. The predicted molar refractivity (Wildman–Crippen MR) is 141 cm³/mol. The minimum absolute atomic E-state index is 0.0125. The number of nitrogens with zero attached hydrogens (tertiary/aromatic N) is 2. The van der Waals surface area contributed by atoms with E-state index in [0.29, 0.717) is 41.5 Å². The molecule has 0 aromatic heterocycles. The molecule has 2 saturated carbocycles. The molecule has 0 bridgehead atoms. The zero-order valence-corrected chi connectivity index (χ0v) is 22.4. The third-order valence-electron chi connectivity index (χ3n) is 8.58. The molecule has 0 aliphatic heterocycles. The molecule has 0 N–H and O–H groups in total. The highest BCUT2D eigenvalue weighted by atomic mass is 16.6. The third-order valence-corrected chi connectivity index (χ3v) is 8.58. The largest absolute Gasteiger partial charge is 0.490 e. The van der Waals surface area contributed by atoms with Crippen molar-refractivity contribution in [3.8, 4) is 5.75 Å². The van der Waals surface area contributed by atoms with E-state index in [-0.39, 0.29) is 10.6 Å². The van der Waals surface area contributed by atoms with Gasteiger partial charge in [-0.2, -0.15) is 0 Å². The molecule has 6 atom stereocenters. The lowest BCUT2D eigenvalue weighted by Crippen LogP contribution is -2.52. The minimum Gasteiger partial charge on any atom is -0.490 e. The van der Waals surface area contributed by atoms with Crippen LogP contribution in [0.3, 0.4) is 0 Å². The van der Waals surface area contributed by atoms with Crippen LogP contribution in [-0.4, -0.2) is 29.0 Å². The van der Waals surface area contributed by atoms with Crippen molar-refractivity contribution in [3.63, 3.8) is 0 Å². The van der Waals surface area contributed by atoms with Crippen LogP contribution in [0.15, 0.2) is 24.4 Å². The molecule has 0 saturated heterocycles. The van der Waals surface area contributed by atoms with E-state index in [2.05, 4.69) is 58.7 Å². The second-order valence-electron chi connectivity index (χ2n) is 11.7. The molecule has 190 valence electrons. The Balaban J connectivity index is 2.01. The van der Waals surface area contributed by atoms with Crippen molar-refractivity contribution in [2.75, 3.05) is 7.11 Å². The molecule has 2 aliphatic rings. The molecule has 3 rings (SSSR count). The van der Waals surface area contributed by atoms with Crippen LogP contribution in [0.25, 0.3) is 6.08 Å². The van der Waals surface area contributed by atoms with Crippen LogP contribution in [0.1, 0.15) is 85.6 Å². The van der Waals surface area contributed by atoms with Crippen molar-refractivity contribution < 1.29 is 9.66 Å². The summed E-state index contributed by atoms with van der Waals surface area (Å²) in [6, 6.07) is 6.26. The first-order valence-corrected chi connectivity index (χ1v) is 13.4. The fourth-order valence-corrected chi connectivity index (χ4v) is 6.58. The van der Waals surface area contributed by atoms with Gasteiger partial charge >= 0.3 is 5.69 Å². The molecule has 5 heteroatoms. The van der Waals surface area contributed by atoms with E-state index in [1.807, 2.05) is 6.07 Å². The zero-order chi connectivity index (χ0) is 25.0. The highest BCUT2D eigenvalue weighted by Crippen LogP contribution is 2.43. The Hall–Kier alpha value is -2.04. The van der Waals surface area contributed by atoms with Gasteiger partial charge in [-0.15, -0.1) is 0 Å². The van der Waals surface area contributed by atoms with Gasteiger partial charge in [-0.3, -0.25) is 10.1 Å². The van der Waals surface area contributed by atoms with E-state index in [4.69, 9.17) is 4.74 Å². The molecule has 1 aromatic carbocycles. The smallest absolute Gasteiger partial charge is 0.310 e. The van der Waals surface area contributed by atoms with Crippen molar-refractivity contribution in [1.82, 2.24) is 4.90 Å². The Labute approximate surface area is 207 Å². The van der Waals surface area contributed by atoms with Gasteiger partial charge in [0.2, 0.25) is 0 Å². The molecule has 2 aliphatic carbocycles. The van der Waals surface area contributed by atoms with E-state index in [1.54, 1.807) is 12.1 Å². The molecular weight excluding hydrogens is 424 g/mol. The Kier molecular flexibility index (Phi) is 9.06. The summed E-state index contributed by atoms with van der Waals surface area (Å²) < 4.78 is 5.32. The summed E-state index contributed by atoms with van der Waals surface area (Å²) >= 11 is 0. The normalized spacial score (nSPS) is 30.1. The summed E-state index contributed by atoms with van der Waals surface area (Å²) in [5.41, 5.74) is 0.959. The van der Waals surface area contributed by atoms with Crippen LogP contribution in [0.4, 0.5) is 5.69 Å². The van der Waals surface area contributed by atoms with Gasteiger partial charge in [0.1, 0.15) is 0 Å². The molecule has 2 fully saturated rings. The Morgan fingerprint density at radius 1 is 0.971 bits per heavy atom. The Morgan fingerprint density at radius 2 is 1.50 bits per heavy atom. The first kappa shape index (κ1) is 26.6. The van der Waals surface area contributed by atoms with Crippen LogP contribution in [0.5, 0.6) is 5.75 Å². The maximum atomic E-state index is 11.3. The number of ether oxygens (including phenoxy) is 1. The number of nitro groups is 1. The van der Waals surface area contributed by atoms with Gasteiger partial charge in [0, 0.05) is 24.4 Å². The fraction of sp³-hybridized carbons (Fsp3) is 0.724. The van der Waals surface area contributed by atoms with Crippen molar-refractivity contribution in [2.24, 2.45) is 35.5 Å². The Morgan fingerprint density at radius 3 is 1.94 bits per heavy atom. The maximum absolute atomic E-state index is 11.3.